The predicted octanol–water partition coefficient (Wildman–Crippen LogP) is 5.58. The Morgan fingerprint density at radius 2 is 1.94 bits per heavy atom. The van der Waals surface area contributed by atoms with Crippen molar-refractivity contribution >= 4 is 17.4 Å². The van der Waals surface area contributed by atoms with Gasteiger partial charge >= 0.3 is 12.2 Å². The van der Waals surface area contributed by atoms with E-state index in [1.165, 1.54) is 17.9 Å². The summed E-state index contributed by atoms with van der Waals surface area (Å²) in [6.45, 7) is 2.08. The highest BCUT2D eigenvalue weighted by Crippen LogP contribution is 2.38. The van der Waals surface area contributed by atoms with E-state index in [2.05, 4.69) is 10.3 Å². The minimum Gasteiger partial charge on any atom is -0.487 e. The van der Waals surface area contributed by atoms with Gasteiger partial charge in [0.15, 0.2) is 0 Å². The van der Waals surface area contributed by atoms with E-state index in [0.29, 0.717) is 36.7 Å². The lowest BCUT2D eigenvalue weighted by Gasteiger charge is -2.20. The van der Waals surface area contributed by atoms with E-state index < -0.39 is 17.8 Å². The number of carbonyl (C=O) groups is 1. The summed E-state index contributed by atoms with van der Waals surface area (Å²) in [4.78, 5) is 18.2. The molecule has 0 unspecified atom stereocenters. The highest BCUT2D eigenvalue weighted by molar-refractivity contribution is 6.03. The molecule has 8 heteroatoms. The number of aryl methyl sites for hydroxylation is 1. The number of nitrogens with zero attached hydrogens (tertiary/aromatic N) is 2. The molecule has 2 aromatic carbocycles. The van der Waals surface area contributed by atoms with Crippen molar-refractivity contribution in [2.75, 3.05) is 16.8 Å². The predicted molar refractivity (Wildman–Crippen MR) is 111 cm³/mol. The number of rotatable bonds is 4. The van der Waals surface area contributed by atoms with Gasteiger partial charge in [0, 0.05) is 24.1 Å². The summed E-state index contributed by atoms with van der Waals surface area (Å²) in [5, 5.41) is 2.74. The van der Waals surface area contributed by atoms with Gasteiger partial charge in [-0.1, -0.05) is 12.1 Å². The lowest BCUT2D eigenvalue weighted by Crippen LogP contribution is -2.33. The van der Waals surface area contributed by atoms with Gasteiger partial charge in [-0.25, -0.2) is 4.79 Å². The lowest BCUT2D eigenvalue weighted by atomic mass is 10.0. The third-order valence-electron chi connectivity index (χ3n) is 5.09. The van der Waals surface area contributed by atoms with E-state index in [4.69, 9.17) is 4.74 Å². The molecule has 0 radical (unpaired) electrons. The van der Waals surface area contributed by atoms with Crippen LogP contribution in [0.15, 0.2) is 60.8 Å². The van der Waals surface area contributed by atoms with Crippen molar-refractivity contribution < 1.29 is 22.7 Å². The van der Waals surface area contributed by atoms with Crippen LogP contribution in [0.25, 0.3) is 0 Å². The number of ether oxygens (including phenoxy) is 1. The number of carbonyl (C=O) groups excluding carboxylic acids is 1. The molecule has 0 saturated heterocycles. The molecule has 1 aliphatic heterocycles. The molecule has 0 atom stereocenters. The van der Waals surface area contributed by atoms with Crippen molar-refractivity contribution in [2.24, 2.45) is 0 Å². The van der Waals surface area contributed by atoms with E-state index in [1.807, 2.05) is 18.2 Å². The molecule has 0 spiro atoms. The molecule has 160 valence electrons. The van der Waals surface area contributed by atoms with Crippen molar-refractivity contribution in [3.8, 4) is 5.75 Å². The Morgan fingerprint density at radius 1 is 1.16 bits per heavy atom. The summed E-state index contributed by atoms with van der Waals surface area (Å²) in [6.07, 6.45) is -2.26. The van der Waals surface area contributed by atoms with Gasteiger partial charge in [0.1, 0.15) is 12.4 Å². The molecular formula is C23H20F3N3O2. The fourth-order valence-electron chi connectivity index (χ4n) is 3.54. The Morgan fingerprint density at radius 3 is 2.61 bits per heavy atom. The van der Waals surface area contributed by atoms with Gasteiger partial charge in [0.25, 0.3) is 0 Å². The quantitative estimate of drug-likeness (QED) is 0.591. The van der Waals surface area contributed by atoms with Gasteiger partial charge in [0.05, 0.1) is 11.3 Å². The fraction of sp³-hybridized carbons (Fsp3) is 0.217. The molecule has 0 saturated carbocycles. The first-order valence-electron chi connectivity index (χ1n) is 9.73. The number of anilines is 2. The lowest BCUT2D eigenvalue weighted by molar-refractivity contribution is -0.138. The summed E-state index contributed by atoms with van der Waals surface area (Å²) >= 11 is 0. The van der Waals surface area contributed by atoms with Crippen LogP contribution in [-0.4, -0.2) is 17.6 Å². The second-order valence-corrected chi connectivity index (χ2v) is 7.26. The van der Waals surface area contributed by atoms with E-state index in [9.17, 15) is 18.0 Å². The number of amides is 2. The monoisotopic (exact) mass is 427 g/mol. The van der Waals surface area contributed by atoms with Crippen molar-refractivity contribution in [1.29, 1.82) is 0 Å². The molecule has 0 aliphatic carbocycles. The Balaban J connectivity index is 1.43. The molecular weight excluding hydrogens is 407 g/mol. The zero-order chi connectivity index (χ0) is 22.0. The van der Waals surface area contributed by atoms with Crippen LogP contribution < -0.4 is 15.0 Å². The maximum atomic E-state index is 13.3. The van der Waals surface area contributed by atoms with Crippen molar-refractivity contribution in [3.63, 3.8) is 0 Å². The van der Waals surface area contributed by atoms with Gasteiger partial charge in [-0.05, 0) is 66.9 Å². The fourth-order valence-corrected chi connectivity index (χ4v) is 3.54. The van der Waals surface area contributed by atoms with Gasteiger partial charge < -0.3 is 10.1 Å². The smallest absolute Gasteiger partial charge is 0.416 e. The van der Waals surface area contributed by atoms with Crippen LogP contribution >= 0.6 is 0 Å². The zero-order valence-corrected chi connectivity index (χ0v) is 16.7. The van der Waals surface area contributed by atoms with E-state index in [0.717, 1.165) is 17.3 Å². The molecule has 3 aromatic rings. The first kappa shape index (κ1) is 20.7. The van der Waals surface area contributed by atoms with Gasteiger partial charge in [-0.2, -0.15) is 13.2 Å². The van der Waals surface area contributed by atoms with Crippen LogP contribution in [0.2, 0.25) is 0 Å². The van der Waals surface area contributed by atoms with E-state index >= 15 is 0 Å². The van der Waals surface area contributed by atoms with Crippen LogP contribution in [0, 0.1) is 6.92 Å². The van der Waals surface area contributed by atoms with Crippen molar-refractivity contribution in [2.45, 2.75) is 26.1 Å². The maximum absolute atomic E-state index is 13.3. The first-order chi connectivity index (χ1) is 14.8. The largest absolute Gasteiger partial charge is 0.487 e. The molecule has 0 fully saturated rings. The second kappa shape index (κ2) is 8.29. The Kier molecular flexibility index (Phi) is 5.54. The van der Waals surface area contributed by atoms with Gasteiger partial charge in [-0.15, -0.1) is 0 Å². The summed E-state index contributed by atoms with van der Waals surface area (Å²) in [6, 6.07) is 14.4. The molecule has 1 N–H and O–H groups in total. The molecule has 31 heavy (non-hydrogen) atoms. The molecule has 1 aromatic heterocycles. The molecule has 5 nitrogen and oxygen atoms in total. The summed E-state index contributed by atoms with van der Waals surface area (Å²) < 4.78 is 45.5. The minimum absolute atomic E-state index is 0.162. The summed E-state index contributed by atoms with van der Waals surface area (Å²) in [7, 11) is 0. The average Bonchev–Trinajstić information content (AvgIpc) is 3.15. The molecule has 4 rings (SSSR count). The number of aromatic nitrogens is 1. The maximum Gasteiger partial charge on any atom is 0.416 e. The number of fused-ring (bicyclic) bond motifs is 1. The third kappa shape index (κ3) is 4.63. The van der Waals surface area contributed by atoms with E-state index in [-0.39, 0.29) is 5.56 Å². The van der Waals surface area contributed by atoms with Crippen molar-refractivity contribution in [3.05, 3.63) is 83.2 Å². The third-order valence-corrected chi connectivity index (χ3v) is 5.09. The number of alkyl halides is 3. The van der Waals surface area contributed by atoms with Crippen LogP contribution in [0.1, 0.15) is 22.4 Å². The Hall–Kier alpha value is -3.55. The number of nitrogens with one attached hydrogen (secondary N) is 1. The number of halogens is 3. The Labute approximate surface area is 177 Å². The standard InChI is InChI=1S/C23H20F3N3O2/c1-15-12-16-9-11-29(21(16)13-20(15)23(24,25)26)22(30)28-17-5-7-19(8-6-17)31-14-18-4-2-3-10-27-18/h2-8,10,12-13H,9,11,14H2,1H3,(H,28,30). The highest BCUT2D eigenvalue weighted by Gasteiger charge is 2.35. The number of hydrogen-bond acceptors (Lipinski definition) is 3. The zero-order valence-electron chi connectivity index (χ0n) is 16.7. The number of urea groups is 1. The average molecular weight is 427 g/mol. The summed E-state index contributed by atoms with van der Waals surface area (Å²) in [5.74, 6) is 0.612. The van der Waals surface area contributed by atoms with Gasteiger partial charge in [0.2, 0.25) is 0 Å². The van der Waals surface area contributed by atoms with Crippen LogP contribution in [0.5, 0.6) is 5.75 Å². The highest BCUT2D eigenvalue weighted by atomic mass is 19.4. The first-order valence-corrected chi connectivity index (χ1v) is 9.73. The topological polar surface area (TPSA) is 54.5 Å². The molecule has 2 amide bonds. The normalized spacial score (nSPS) is 13.1. The van der Waals surface area contributed by atoms with Gasteiger partial charge in [-0.3, -0.25) is 9.88 Å². The number of benzene rings is 2. The molecule has 2 heterocycles. The van der Waals surface area contributed by atoms with Crippen LogP contribution in [-0.2, 0) is 19.2 Å². The van der Waals surface area contributed by atoms with Crippen LogP contribution in [0.3, 0.4) is 0 Å². The number of pyridine rings is 1. The van der Waals surface area contributed by atoms with Crippen molar-refractivity contribution in [1.82, 2.24) is 4.98 Å². The molecule has 1 aliphatic rings. The molecule has 0 bridgehead atoms. The SMILES string of the molecule is Cc1cc2c(cc1C(F)(F)F)N(C(=O)Nc1ccc(OCc3ccccn3)cc1)CC2. The Bertz CT molecular complexity index is 1080. The summed E-state index contributed by atoms with van der Waals surface area (Å²) in [5.41, 5.74) is 1.78. The number of hydrogen-bond donors (Lipinski definition) is 1. The van der Waals surface area contributed by atoms with Crippen LogP contribution in [0.4, 0.5) is 29.3 Å². The van der Waals surface area contributed by atoms with E-state index in [1.54, 1.807) is 30.5 Å². The second-order valence-electron chi connectivity index (χ2n) is 7.26. The minimum atomic E-state index is -4.46.